The highest BCUT2D eigenvalue weighted by Gasteiger charge is 2.34. The standard InChI is InChI=1S/C12H23N3O2/c1-9(2)15-10(16)8-14-11(17)12(3)4-6-13-7-5-12/h9,13H,4-8H2,1-3H3,(H,14,17)(H,15,16). The van der Waals surface area contributed by atoms with E-state index >= 15 is 0 Å². The molecule has 5 heteroatoms. The van der Waals surface area contributed by atoms with Crippen LogP contribution in [0.1, 0.15) is 33.6 Å². The fraction of sp³-hybridized carbons (Fsp3) is 0.833. The molecule has 2 amide bonds. The van der Waals surface area contributed by atoms with E-state index in [0.717, 1.165) is 25.9 Å². The lowest BCUT2D eigenvalue weighted by molar-refractivity contribution is -0.133. The molecule has 1 heterocycles. The number of amides is 2. The Kier molecular flexibility index (Phi) is 4.93. The van der Waals surface area contributed by atoms with Crippen LogP contribution in [0.2, 0.25) is 0 Å². The lowest BCUT2D eigenvalue weighted by atomic mass is 9.80. The molecule has 0 unspecified atom stereocenters. The minimum atomic E-state index is -0.330. The Morgan fingerprint density at radius 2 is 1.88 bits per heavy atom. The molecule has 1 rings (SSSR count). The van der Waals surface area contributed by atoms with Gasteiger partial charge >= 0.3 is 0 Å². The van der Waals surface area contributed by atoms with Crippen molar-refractivity contribution < 1.29 is 9.59 Å². The van der Waals surface area contributed by atoms with Crippen LogP contribution in [0, 0.1) is 5.41 Å². The lowest BCUT2D eigenvalue weighted by Crippen LogP contribution is -2.48. The maximum absolute atomic E-state index is 12.0. The molecule has 0 saturated carbocycles. The topological polar surface area (TPSA) is 70.2 Å². The fourth-order valence-corrected chi connectivity index (χ4v) is 1.95. The molecule has 1 aliphatic heterocycles. The molecule has 1 fully saturated rings. The smallest absolute Gasteiger partial charge is 0.239 e. The zero-order valence-electron chi connectivity index (χ0n) is 10.9. The Balaban J connectivity index is 2.35. The van der Waals surface area contributed by atoms with E-state index in [4.69, 9.17) is 0 Å². The van der Waals surface area contributed by atoms with Gasteiger partial charge in [0.25, 0.3) is 0 Å². The Morgan fingerprint density at radius 3 is 2.41 bits per heavy atom. The Hall–Kier alpha value is -1.10. The largest absolute Gasteiger partial charge is 0.352 e. The van der Waals surface area contributed by atoms with Gasteiger partial charge in [-0.2, -0.15) is 0 Å². The van der Waals surface area contributed by atoms with Crippen LogP contribution in [-0.4, -0.2) is 37.5 Å². The van der Waals surface area contributed by atoms with Crippen molar-refractivity contribution in [3.63, 3.8) is 0 Å². The highest BCUT2D eigenvalue weighted by atomic mass is 16.2. The molecule has 1 aliphatic rings. The average molecular weight is 241 g/mol. The summed E-state index contributed by atoms with van der Waals surface area (Å²) in [5, 5.41) is 8.69. The number of carbonyl (C=O) groups is 2. The van der Waals surface area contributed by atoms with E-state index in [9.17, 15) is 9.59 Å². The first-order valence-corrected chi connectivity index (χ1v) is 6.22. The van der Waals surface area contributed by atoms with Crippen LogP contribution in [0.3, 0.4) is 0 Å². The first-order valence-electron chi connectivity index (χ1n) is 6.22. The molecule has 0 spiro atoms. The first-order chi connectivity index (χ1) is 7.94. The third kappa shape index (κ3) is 4.34. The van der Waals surface area contributed by atoms with Crippen LogP contribution >= 0.6 is 0 Å². The summed E-state index contributed by atoms with van der Waals surface area (Å²) >= 11 is 0. The summed E-state index contributed by atoms with van der Waals surface area (Å²) < 4.78 is 0. The summed E-state index contributed by atoms with van der Waals surface area (Å²) in [5.74, 6) is -0.149. The Bertz CT molecular complexity index is 283. The van der Waals surface area contributed by atoms with E-state index in [1.807, 2.05) is 20.8 Å². The van der Waals surface area contributed by atoms with Gasteiger partial charge in [-0.05, 0) is 39.8 Å². The van der Waals surface area contributed by atoms with Crippen LogP contribution in [-0.2, 0) is 9.59 Å². The maximum Gasteiger partial charge on any atom is 0.239 e. The van der Waals surface area contributed by atoms with E-state index < -0.39 is 0 Å². The van der Waals surface area contributed by atoms with Gasteiger partial charge in [0.05, 0.1) is 6.54 Å². The number of nitrogens with one attached hydrogen (secondary N) is 3. The van der Waals surface area contributed by atoms with Crippen molar-refractivity contribution in [2.75, 3.05) is 19.6 Å². The molecule has 17 heavy (non-hydrogen) atoms. The van der Waals surface area contributed by atoms with Gasteiger partial charge in [0.2, 0.25) is 11.8 Å². The monoisotopic (exact) mass is 241 g/mol. The van der Waals surface area contributed by atoms with Crippen molar-refractivity contribution in [3.8, 4) is 0 Å². The molecule has 0 aromatic rings. The number of carbonyl (C=O) groups excluding carboxylic acids is 2. The van der Waals surface area contributed by atoms with Crippen LogP contribution in [0.25, 0.3) is 0 Å². The number of piperidine rings is 1. The van der Waals surface area contributed by atoms with Gasteiger partial charge in [-0.15, -0.1) is 0 Å². The van der Waals surface area contributed by atoms with Crippen molar-refractivity contribution >= 4 is 11.8 Å². The van der Waals surface area contributed by atoms with E-state index in [2.05, 4.69) is 16.0 Å². The minimum absolute atomic E-state index is 0.0158. The summed E-state index contributed by atoms with van der Waals surface area (Å²) in [6, 6.07) is 0.105. The molecule has 5 nitrogen and oxygen atoms in total. The highest BCUT2D eigenvalue weighted by molar-refractivity contribution is 5.87. The van der Waals surface area contributed by atoms with Gasteiger partial charge in [-0.3, -0.25) is 9.59 Å². The van der Waals surface area contributed by atoms with E-state index in [1.54, 1.807) is 0 Å². The number of hydrogen-bond donors (Lipinski definition) is 3. The minimum Gasteiger partial charge on any atom is -0.352 e. The molecule has 0 aliphatic carbocycles. The van der Waals surface area contributed by atoms with Gasteiger partial charge < -0.3 is 16.0 Å². The molecule has 1 saturated heterocycles. The molecule has 0 radical (unpaired) electrons. The third-order valence-electron chi connectivity index (χ3n) is 3.11. The quantitative estimate of drug-likeness (QED) is 0.650. The van der Waals surface area contributed by atoms with Crippen LogP contribution < -0.4 is 16.0 Å². The van der Waals surface area contributed by atoms with Crippen LogP contribution in [0.15, 0.2) is 0 Å². The zero-order chi connectivity index (χ0) is 12.9. The van der Waals surface area contributed by atoms with Crippen LogP contribution in [0.5, 0.6) is 0 Å². The highest BCUT2D eigenvalue weighted by Crippen LogP contribution is 2.27. The second kappa shape index (κ2) is 6.00. The summed E-state index contributed by atoms with van der Waals surface area (Å²) in [7, 11) is 0. The molecule has 0 aromatic carbocycles. The first kappa shape index (κ1) is 14.0. The van der Waals surface area contributed by atoms with E-state index in [-0.39, 0.29) is 29.8 Å². The second-order valence-corrected chi connectivity index (χ2v) is 5.22. The second-order valence-electron chi connectivity index (χ2n) is 5.22. The van der Waals surface area contributed by atoms with Crippen molar-refractivity contribution in [1.29, 1.82) is 0 Å². The summed E-state index contributed by atoms with van der Waals surface area (Å²) in [4.78, 5) is 23.4. The molecule has 98 valence electrons. The molecule has 0 bridgehead atoms. The summed E-state index contributed by atoms with van der Waals surface area (Å²) in [5.41, 5.74) is -0.330. The van der Waals surface area contributed by atoms with Crippen molar-refractivity contribution in [1.82, 2.24) is 16.0 Å². The van der Waals surface area contributed by atoms with Gasteiger partial charge in [0, 0.05) is 11.5 Å². The Labute approximate surface area is 103 Å². The third-order valence-corrected chi connectivity index (χ3v) is 3.11. The molecule has 0 aromatic heterocycles. The SMILES string of the molecule is CC(C)NC(=O)CNC(=O)C1(C)CCNCC1. The molecule has 0 atom stereocenters. The molecular weight excluding hydrogens is 218 g/mol. The van der Waals surface area contributed by atoms with Crippen molar-refractivity contribution in [2.45, 2.75) is 39.7 Å². The maximum atomic E-state index is 12.0. The fourth-order valence-electron chi connectivity index (χ4n) is 1.95. The lowest BCUT2D eigenvalue weighted by Gasteiger charge is -2.32. The summed E-state index contributed by atoms with van der Waals surface area (Å²) in [6.45, 7) is 7.55. The normalized spacial score (nSPS) is 18.8. The zero-order valence-corrected chi connectivity index (χ0v) is 10.9. The summed E-state index contributed by atoms with van der Waals surface area (Å²) in [6.07, 6.45) is 1.65. The van der Waals surface area contributed by atoms with E-state index in [0.29, 0.717) is 0 Å². The molecule has 3 N–H and O–H groups in total. The van der Waals surface area contributed by atoms with Crippen molar-refractivity contribution in [3.05, 3.63) is 0 Å². The molecular formula is C12H23N3O2. The van der Waals surface area contributed by atoms with Gasteiger partial charge in [-0.25, -0.2) is 0 Å². The van der Waals surface area contributed by atoms with Gasteiger partial charge in [0.15, 0.2) is 0 Å². The van der Waals surface area contributed by atoms with Gasteiger partial charge in [-0.1, -0.05) is 6.92 Å². The Morgan fingerprint density at radius 1 is 1.29 bits per heavy atom. The predicted octanol–water partition coefficient (Wildman–Crippen LogP) is 0.0169. The average Bonchev–Trinajstić information content (AvgIpc) is 2.26. The van der Waals surface area contributed by atoms with Crippen molar-refractivity contribution in [2.24, 2.45) is 5.41 Å². The van der Waals surface area contributed by atoms with E-state index in [1.165, 1.54) is 0 Å². The van der Waals surface area contributed by atoms with Crippen LogP contribution in [0.4, 0.5) is 0 Å². The number of hydrogen-bond acceptors (Lipinski definition) is 3. The van der Waals surface area contributed by atoms with Gasteiger partial charge in [0.1, 0.15) is 0 Å². The number of rotatable bonds is 4. The predicted molar refractivity (Wildman–Crippen MR) is 66.5 cm³/mol.